The molecule has 3 nitrogen and oxygen atoms in total. The van der Waals surface area contributed by atoms with E-state index in [1.54, 1.807) is 0 Å². The summed E-state index contributed by atoms with van der Waals surface area (Å²) in [5, 5.41) is 0. The second kappa shape index (κ2) is 8.57. The number of nitrogens with zero attached hydrogens (tertiary/aromatic N) is 1. The number of rotatable bonds is 6. The van der Waals surface area contributed by atoms with Gasteiger partial charge in [-0.2, -0.15) is 0 Å². The third kappa shape index (κ3) is 4.76. The van der Waals surface area contributed by atoms with Crippen LogP contribution in [0.2, 0.25) is 0 Å². The number of carbonyl (C=O) groups excluding carboxylic acids is 1. The molecule has 0 aromatic heterocycles. The standard InChI is InChI=1S/C19H32FNO2/c20-17-14-16(19(22)15-6-2-1-3-7-15)8-9-18(17)23-13-12-21-10-4-5-11-21/h15-18H,1-14H2. The number of ether oxygens (including phenoxy) is 1. The molecule has 1 heterocycles. The Morgan fingerprint density at radius 3 is 2.39 bits per heavy atom. The van der Waals surface area contributed by atoms with Gasteiger partial charge in [-0.25, -0.2) is 4.39 Å². The lowest BCUT2D eigenvalue weighted by atomic mass is 9.75. The van der Waals surface area contributed by atoms with E-state index in [0.717, 1.165) is 38.9 Å². The van der Waals surface area contributed by atoms with Crippen molar-refractivity contribution in [1.29, 1.82) is 0 Å². The Morgan fingerprint density at radius 1 is 0.957 bits per heavy atom. The molecule has 2 saturated carbocycles. The van der Waals surface area contributed by atoms with Crippen LogP contribution < -0.4 is 0 Å². The summed E-state index contributed by atoms with van der Waals surface area (Å²) >= 11 is 0. The molecular formula is C19H32FNO2. The van der Waals surface area contributed by atoms with Crippen LogP contribution in [0.3, 0.4) is 0 Å². The van der Waals surface area contributed by atoms with E-state index < -0.39 is 6.17 Å². The lowest BCUT2D eigenvalue weighted by molar-refractivity contribution is -0.131. The Bertz CT molecular complexity index is 378. The first-order valence-corrected chi connectivity index (χ1v) is 9.76. The van der Waals surface area contributed by atoms with Gasteiger partial charge >= 0.3 is 0 Å². The Balaban J connectivity index is 1.38. The molecule has 3 aliphatic rings. The predicted molar refractivity (Wildman–Crippen MR) is 89.2 cm³/mol. The number of hydrogen-bond acceptors (Lipinski definition) is 3. The monoisotopic (exact) mass is 325 g/mol. The van der Waals surface area contributed by atoms with Gasteiger partial charge in [-0.1, -0.05) is 19.3 Å². The molecule has 3 fully saturated rings. The summed E-state index contributed by atoms with van der Waals surface area (Å²) in [5.41, 5.74) is 0. The van der Waals surface area contributed by atoms with Crippen LogP contribution in [0.25, 0.3) is 0 Å². The number of carbonyl (C=O) groups is 1. The normalized spacial score (nSPS) is 33.9. The minimum absolute atomic E-state index is 0.0495. The van der Waals surface area contributed by atoms with Crippen LogP contribution >= 0.6 is 0 Å². The lowest BCUT2D eigenvalue weighted by Gasteiger charge is -2.33. The van der Waals surface area contributed by atoms with Crippen molar-refractivity contribution in [3.8, 4) is 0 Å². The van der Waals surface area contributed by atoms with E-state index in [-0.39, 0.29) is 17.9 Å². The summed E-state index contributed by atoms with van der Waals surface area (Å²) in [6, 6.07) is 0. The van der Waals surface area contributed by atoms with E-state index in [1.807, 2.05) is 0 Å². The Hall–Kier alpha value is -0.480. The quantitative estimate of drug-likeness (QED) is 0.745. The average Bonchev–Trinajstić information content (AvgIpc) is 3.10. The maximum Gasteiger partial charge on any atom is 0.139 e. The zero-order valence-corrected chi connectivity index (χ0v) is 14.4. The number of ketones is 1. The van der Waals surface area contributed by atoms with Gasteiger partial charge in [0.05, 0.1) is 12.7 Å². The second-order valence-corrected chi connectivity index (χ2v) is 7.72. The van der Waals surface area contributed by atoms with Crippen molar-refractivity contribution in [2.24, 2.45) is 11.8 Å². The number of hydrogen-bond donors (Lipinski definition) is 0. The van der Waals surface area contributed by atoms with E-state index in [9.17, 15) is 9.18 Å². The summed E-state index contributed by atoms with van der Waals surface area (Å²) in [6.07, 6.45) is 8.90. The maximum atomic E-state index is 14.4. The van der Waals surface area contributed by atoms with Crippen LogP contribution in [0.1, 0.15) is 64.2 Å². The molecule has 3 unspecified atom stereocenters. The van der Waals surface area contributed by atoms with Crippen LogP contribution in [-0.2, 0) is 9.53 Å². The summed E-state index contributed by atoms with van der Waals surface area (Å²) in [7, 11) is 0. The van der Waals surface area contributed by atoms with Crippen LogP contribution in [0.4, 0.5) is 4.39 Å². The fraction of sp³-hybridized carbons (Fsp3) is 0.947. The van der Waals surface area contributed by atoms with Crippen LogP contribution in [0.15, 0.2) is 0 Å². The minimum atomic E-state index is -0.958. The number of halogens is 1. The summed E-state index contributed by atoms with van der Waals surface area (Å²) in [5.74, 6) is 0.517. The van der Waals surface area contributed by atoms with E-state index in [1.165, 1.54) is 32.1 Å². The number of alkyl halides is 1. The first-order chi connectivity index (χ1) is 11.2. The molecule has 23 heavy (non-hydrogen) atoms. The minimum Gasteiger partial charge on any atom is -0.374 e. The highest BCUT2D eigenvalue weighted by Gasteiger charge is 2.37. The molecule has 3 rings (SSSR count). The lowest BCUT2D eigenvalue weighted by Crippen LogP contribution is -2.39. The number of likely N-dealkylation sites (tertiary alicyclic amines) is 1. The molecule has 4 heteroatoms. The fourth-order valence-corrected chi connectivity index (χ4v) is 4.59. The van der Waals surface area contributed by atoms with E-state index in [2.05, 4.69) is 4.90 Å². The molecule has 0 aromatic rings. The molecule has 1 saturated heterocycles. The van der Waals surface area contributed by atoms with Crippen LogP contribution in [0.5, 0.6) is 0 Å². The van der Waals surface area contributed by atoms with Gasteiger partial charge in [0.15, 0.2) is 0 Å². The highest BCUT2D eigenvalue weighted by atomic mass is 19.1. The van der Waals surface area contributed by atoms with Crippen molar-refractivity contribution in [3.05, 3.63) is 0 Å². The third-order valence-corrected chi connectivity index (χ3v) is 6.06. The molecule has 0 bridgehead atoms. The Kier molecular flexibility index (Phi) is 6.46. The van der Waals surface area contributed by atoms with Crippen molar-refractivity contribution in [2.75, 3.05) is 26.2 Å². The molecule has 0 N–H and O–H groups in total. The Morgan fingerprint density at radius 2 is 1.70 bits per heavy atom. The van der Waals surface area contributed by atoms with Gasteiger partial charge in [0.25, 0.3) is 0 Å². The van der Waals surface area contributed by atoms with Crippen molar-refractivity contribution >= 4 is 5.78 Å². The number of Topliss-reactive ketones (excluding diaryl/α,β-unsaturated/α-hetero) is 1. The van der Waals surface area contributed by atoms with Gasteiger partial charge in [-0.15, -0.1) is 0 Å². The molecule has 0 amide bonds. The fourth-order valence-electron chi connectivity index (χ4n) is 4.59. The first kappa shape index (κ1) is 17.3. The SMILES string of the molecule is O=C(C1CCCCC1)C1CCC(OCCN2CCCC2)C(F)C1. The molecule has 0 radical (unpaired) electrons. The van der Waals surface area contributed by atoms with Gasteiger partial charge in [-0.05, 0) is 58.0 Å². The van der Waals surface area contributed by atoms with Crippen LogP contribution in [0, 0.1) is 11.8 Å². The van der Waals surface area contributed by atoms with E-state index in [4.69, 9.17) is 4.74 Å². The van der Waals surface area contributed by atoms with Gasteiger partial charge in [0.2, 0.25) is 0 Å². The summed E-state index contributed by atoms with van der Waals surface area (Å²) in [6.45, 7) is 3.87. The van der Waals surface area contributed by atoms with Crippen LogP contribution in [-0.4, -0.2) is 49.2 Å². The van der Waals surface area contributed by atoms with Gasteiger partial charge in [0, 0.05) is 18.4 Å². The Labute approximate surface area is 139 Å². The average molecular weight is 325 g/mol. The topological polar surface area (TPSA) is 29.5 Å². The van der Waals surface area contributed by atoms with Crippen molar-refractivity contribution in [2.45, 2.75) is 76.5 Å². The summed E-state index contributed by atoms with van der Waals surface area (Å²) in [4.78, 5) is 15.0. The predicted octanol–water partition coefficient (Wildman–Crippen LogP) is 3.76. The highest BCUT2D eigenvalue weighted by Crippen LogP contribution is 2.34. The molecular weight excluding hydrogens is 293 g/mol. The second-order valence-electron chi connectivity index (χ2n) is 7.72. The highest BCUT2D eigenvalue weighted by molar-refractivity contribution is 5.83. The van der Waals surface area contributed by atoms with E-state index >= 15 is 0 Å². The van der Waals surface area contributed by atoms with E-state index in [0.29, 0.717) is 25.2 Å². The van der Waals surface area contributed by atoms with Gasteiger partial charge in [-0.3, -0.25) is 4.79 Å². The first-order valence-electron chi connectivity index (χ1n) is 9.76. The molecule has 0 aromatic carbocycles. The van der Waals surface area contributed by atoms with Gasteiger partial charge < -0.3 is 9.64 Å². The third-order valence-electron chi connectivity index (χ3n) is 6.06. The van der Waals surface area contributed by atoms with Crippen molar-refractivity contribution < 1.29 is 13.9 Å². The molecule has 1 aliphatic heterocycles. The molecule has 2 aliphatic carbocycles. The molecule has 0 spiro atoms. The smallest absolute Gasteiger partial charge is 0.139 e. The summed E-state index contributed by atoms with van der Waals surface area (Å²) < 4.78 is 20.2. The zero-order valence-electron chi connectivity index (χ0n) is 14.4. The van der Waals surface area contributed by atoms with Crippen molar-refractivity contribution in [3.63, 3.8) is 0 Å². The van der Waals surface area contributed by atoms with Gasteiger partial charge in [0.1, 0.15) is 12.0 Å². The zero-order chi connectivity index (χ0) is 16.1. The maximum absolute atomic E-state index is 14.4. The molecule has 132 valence electrons. The van der Waals surface area contributed by atoms with Crippen molar-refractivity contribution in [1.82, 2.24) is 4.90 Å². The largest absolute Gasteiger partial charge is 0.374 e. The molecule has 3 atom stereocenters.